The predicted octanol–water partition coefficient (Wildman–Crippen LogP) is 0.979. The Morgan fingerprint density at radius 2 is 2.07 bits per heavy atom. The molecule has 0 unspecified atom stereocenters. The first-order valence-corrected chi connectivity index (χ1v) is 4.21. The van der Waals surface area contributed by atoms with E-state index in [1.807, 2.05) is 0 Å². The largest absolute Gasteiger partial charge is 0.497 e. The van der Waals surface area contributed by atoms with E-state index in [-0.39, 0.29) is 5.91 Å². The maximum atomic E-state index is 11.6. The summed E-state index contributed by atoms with van der Waals surface area (Å²) in [4.78, 5) is 13.1. The molecule has 1 rings (SSSR count). The Morgan fingerprint density at radius 3 is 2.57 bits per heavy atom. The van der Waals surface area contributed by atoms with E-state index in [9.17, 15) is 4.79 Å². The lowest BCUT2D eigenvalue weighted by molar-refractivity contribution is 0.0828. The zero-order chi connectivity index (χ0) is 10.7. The van der Waals surface area contributed by atoms with Crippen molar-refractivity contribution in [3.63, 3.8) is 0 Å². The van der Waals surface area contributed by atoms with Gasteiger partial charge in [0, 0.05) is 19.8 Å². The van der Waals surface area contributed by atoms with E-state index >= 15 is 0 Å². The molecule has 4 nitrogen and oxygen atoms in total. The van der Waals surface area contributed by atoms with Gasteiger partial charge in [-0.15, -0.1) is 0 Å². The van der Waals surface area contributed by atoms with Crippen LogP contribution in [0.25, 0.3) is 0 Å². The van der Waals surface area contributed by atoms with Gasteiger partial charge in [0.2, 0.25) is 0 Å². The quantitative estimate of drug-likeness (QED) is 0.714. The van der Waals surface area contributed by atoms with Crippen LogP contribution in [0.2, 0.25) is 0 Å². The number of nitrogens with zero attached hydrogens (tertiary/aromatic N) is 1. The highest BCUT2D eigenvalue weighted by Gasteiger charge is 2.12. The number of carbonyl (C=O) groups excluding carboxylic acids is 1. The Hall–Kier alpha value is -1.71. The van der Waals surface area contributed by atoms with Gasteiger partial charge in [-0.25, -0.2) is 0 Å². The Balaban J connectivity index is 3.12. The third kappa shape index (κ3) is 1.96. The van der Waals surface area contributed by atoms with Gasteiger partial charge in [-0.05, 0) is 18.2 Å². The molecule has 1 aromatic rings. The van der Waals surface area contributed by atoms with Crippen molar-refractivity contribution in [2.24, 2.45) is 0 Å². The first-order valence-electron chi connectivity index (χ1n) is 4.21. The molecular weight excluding hydrogens is 180 g/mol. The van der Waals surface area contributed by atoms with E-state index in [0.29, 0.717) is 17.0 Å². The summed E-state index contributed by atoms with van der Waals surface area (Å²) in [6.07, 6.45) is 0. The summed E-state index contributed by atoms with van der Waals surface area (Å²) in [7, 11) is 4.91. The first kappa shape index (κ1) is 10.4. The number of benzene rings is 1. The molecule has 0 aromatic heterocycles. The van der Waals surface area contributed by atoms with E-state index in [1.165, 1.54) is 4.90 Å². The van der Waals surface area contributed by atoms with Crippen LogP contribution in [-0.4, -0.2) is 32.0 Å². The molecule has 0 radical (unpaired) electrons. The van der Waals surface area contributed by atoms with Gasteiger partial charge in [0.15, 0.2) is 0 Å². The molecule has 14 heavy (non-hydrogen) atoms. The van der Waals surface area contributed by atoms with Crippen molar-refractivity contribution in [2.75, 3.05) is 26.9 Å². The van der Waals surface area contributed by atoms with Crippen molar-refractivity contribution >= 4 is 11.6 Å². The van der Waals surface area contributed by atoms with Gasteiger partial charge in [0.05, 0.1) is 12.7 Å². The Labute approximate surface area is 83.3 Å². The van der Waals surface area contributed by atoms with E-state index in [4.69, 9.17) is 10.5 Å². The molecule has 0 fully saturated rings. The third-order valence-corrected chi connectivity index (χ3v) is 1.90. The third-order valence-electron chi connectivity index (χ3n) is 1.90. The number of nitrogen functional groups attached to an aromatic ring is 1. The predicted molar refractivity (Wildman–Crippen MR) is 55.4 cm³/mol. The molecule has 4 heteroatoms. The number of methoxy groups -OCH3 is 1. The summed E-state index contributed by atoms with van der Waals surface area (Å²) in [6.45, 7) is 0. The molecule has 0 saturated carbocycles. The number of hydrogen-bond acceptors (Lipinski definition) is 3. The summed E-state index contributed by atoms with van der Waals surface area (Å²) in [5.41, 5.74) is 6.61. The van der Waals surface area contributed by atoms with Crippen molar-refractivity contribution in [1.82, 2.24) is 4.90 Å². The minimum absolute atomic E-state index is 0.124. The molecule has 0 aliphatic carbocycles. The molecule has 2 N–H and O–H groups in total. The summed E-state index contributed by atoms with van der Waals surface area (Å²) in [6, 6.07) is 5.02. The number of nitrogens with two attached hydrogens (primary N) is 1. The number of hydrogen-bond donors (Lipinski definition) is 1. The van der Waals surface area contributed by atoms with E-state index < -0.39 is 0 Å². The molecule has 1 amide bonds. The fourth-order valence-electron chi connectivity index (χ4n) is 1.09. The number of carbonyl (C=O) groups is 1. The number of amides is 1. The number of ether oxygens (including phenoxy) is 1. The van der Waals surface area contributed by atoms with Crippen molar-refractivity contribution < 1.29 is 9.53 Å². The van der Waals surface area contributed by atoms with Gasteiger partial charge in [0.25, 0.3) is 5.91 Å². The minimum atomic E-state index is -0.124. The van der Waals surface area contributed by atoms with E-state index in [2.05, 4.69) is 0 Å². The van der Waals surface area contributed by atoms with Crippen LogP contribution in [0.1, 0.15) is 10.4 Å². The molecule has 1 aromatic carbocycles. The number of rotatable bonds is 2. The summed E-state index contributed by atoms with van der Waals surface area (Å²) in [5, 5.41) is 0. The van der Waals surface area contributed by atoms with Crippen LogP contribution in [-0.2, 0) is 0 Å². The maximum absolute atomic E-state index is 11.6. The normalized spacial score (nSPS) is 9.64. The summed E-state index contributed by atoms with van der Waals surface area (Å²) in [5.74, 6) is 0.505. The Morgan fingerprint density at radius 1 is 1.43 bits per heavy atom. The van der Waals surface area contributed by atoms with Crippen LogP contribution in [0.3, 0.4) is 0 Å². The topological polar surface area (TPSA) is 55.6 Å². The Kier molecular flexibility index (Phi) is 2.96. The molecular formula is C10H14N2O2. The second-order valence-corrected chi connectivity index (χ2v) is 3.15. The molecule has 0 aliphatic rings. The molecule has 0 spiro atoms. The van der Waals surface area contributed by atoms with Gasteiger partial charge in [-0.1, -0.05) is 0 Å². The molecule has 0 bridgehead atoms. The van der Waals surface area contributed by atoms with E-state index in [0.717, 1.165) is 0 Å². The van der Waals surface area contributed by atoms with Gasteiger partial charge in [-0.2, -0.15) is 0 Å². The van der Waals surface area contributed by atoms with Crippen LogP contribution >= 0.6 is 0 Å². The second-order valence-electron chi connectivity index (χ2n) is 3.15. The van der Waals surface area contributed by atoms with Crippen LogP contribution in [0, 0.1) is 0 Å². The van der Waals surface area contributed by atoms with Crippen molar-refractivity contribution in [1.29, 1.82) is 0 Å². The highest BCUT2D eigenvalue weighted by Crippen LogP contribution is 2.20. The minimum Gasteiger partial charge on any atom is -0.497 e. The molecule has 0 saturated heterocycles. The number of anilines is 1. The van der Waals surface area contributed by atoms with Crippen LogP contribution in [0.5, 0.6) is 5.75 Å². The Bertz CT molecular complexity index is 348. The lowest BCUT2D eigenvalue weighted by atomic mass is 10.1. The lowest BCUT2D eigenvalue weighted by Gasteiger charge is -2.12. The van der Waals surface area contributed by atoms with Crippen LogP contribution in [0.4, 0.5) is 5.69 Å². The molecule has 76 valence electrons. The molecule has 0 atom stereocenters. The van der Waals surface area contributed by atoms with Gasteiger partial charge in [-0.3, -0.25) is 4.79 Å². The molecule has 0 aliphatic heterocycles. The van der Waals surface area contributed by atoms with Crippen molar-refractivity contribution in [3.05, 3.63) is 23.8 Å². The van der Waals surface area contributed by atoms with Crippen LogP contribution < -0.4 is 10.5 Å². The van der Waals surface area contributed by atoms with Gasteiger partial charge in [0.1, 0.15) is 5.75 Å². The smallest absolute Gasteiger partial charge is 0.255 e. The van der Waals surface area contributed by atoms with E-state index in [1.54, 1.807) is 39.4 Å². The highest BCUT2D eigenvalue weighted by molar-refractivity contribution is 5.99. The van der Waals surface area contributed by atoms with Crippen molar-refractivity contribution in [2.45, 2.75) is 0 Å². The van der Waals surface area contributed by atoms with Gasteiger partial charge >= 0.3 is 0 Å². The summed E-state index contributed by atoms with van der Waals surface area (Å²) < 4.78 is 5.01. The second kappa shape index (κ2) is 4.00. The summed E-state index contributed by atoms with van der Waals surface area (Å²) >= 11 is 0. The highest BCUT2D eigenvalue weighted by atomic mass is 16.5. The average molecular weight is 194 g/mol. The first-order chi connectivity index (χ1) is 6.56. The molecule has 0 heterocycles. The maximum Gasteiger partial charge on any atom is 0.255 e. The van der Waals surface area contributed by atoms with Crippen molar-refractivity contribution in [3.8, 4) is 5.75 Å². The monoisotopic (exact) mass is 194 g/mol. The van der Waals surface area contributed by atoms with Gasteiger partial charge < -0.3 is 15.4 Å². The zero-order valence-electron chi connectivity index (χ0n) is 8.57. The zero-order valence-corrected chi connectivity index (χ0v) is 8.57. The average Bonchev–Trinajstić information content (AvgIpc) is 2.17. The lowest BCUT2D eigenvalue weighted by Crippen LogP contribution is -2.22. The SMILES string of the molecule is COc1ccc(N)c(C(=O)N(C)C)c1. The fourth-order valence-corrected chi connectivity index (χ4v) is 1.09. The van der Waals surface area contributed by atoms with Crippen LogP contribution in [0.15, 0.2) is 18.2 Å². The standard InChI is InChI=1S/C10H14N2O2/c1-12(2)10(13)8-6-7(14-3)4-5-9(8)11/h4-6H,11H2,1-3H3. The fraction of sp³-hybridized carbons (Fsp3) is 0.300.